The molecule has 3 saturated carbocycles. The van der Waals surface area contributed by atoms with Gasteiger partial charge in [-0.05, 0) is 25.2 Å². The van der Waals surface area contributed by atoms with Gasteiger partial charge in [-0.25, -0.2) is 0 Å². The zero-order chi connectivity index (χ0) is 8.56. The van der Waals surface area contributed by atoms with E-state index >= 15 is 0 Å². The number of rotatable bonds is 1. The van der Waals surface area contributed by atoms with Gasteiger partial charge in [0, 0.05) is 18.3 Å². The van der Waals surface area contributed by atoms with E-state index in [1.807, 2.05) is 0 Å². The molecule has 0 heterocycles. The van der Waals surface area contributed by atoms with Gasteiger partial charge in [0.05, 0.1) is 0 Å². The Morgan fingerprint density at radius 2 is 2.25 bits per heavy atom. The minimum atomic E-state index is -0.0934. The third-order valence-electron chi connectivity index (χ3n) is 4.64. The first-order valence-electron chi connectivity index (χ1n) is 4.81. The molecule has 4 unspecified atom stereocenters. The van der Waals surface area contributed by atoms with Crippen LogP contribution in [-0.4, -0.2) is 11.6 Å². The lowest BCUT2D eigenvalue weighted by molar-refractivity contribution is -0.163. The lowest BCUT2D eigenvalue weighted by atomic mass is 9.70. The molecule has 4 atom stereocenters. The largest absolute Gasteiger partial charge is 0.458 e. The fourth-order valence-corrected chi connectivity index (χ4v) is 4.00. The van der Waals surface area contributed by atoms with E-state index in [2.05, 4.69) is 6.92 Å². The Hall–Kier alpha value is -0.530. The second-order valence-electron chi connectivity index (χ2n) is 4.80. The van der Waals surface area contributed by atoms with Crippen LogP contribution >= 0.6 is 0 Å². The van der Waals surface area contributed by atoms with Crippen LogP contribution < -0.4 is 0 Å². The van der Waals surface area contributed by atoms with Gasteiger partial charge in [-0.1, -0.05) is 6.92 Å². The predicted octanol–water partition coefficient (Wildman–Crippen LogP) is 1.74. The van der Waals surface area contributed by atoms with Crippen LogP contribution in [0.25, 0.3) is 0 Å². The van der Waals surface area contributed by atoms with Gasteiger partial charge >= 0.3 is 5.97 Å². The minimum absolute atomic E-state index is 0.0156. The summed E-state index contributed by atoms with van der Waals surface area (Å²) in [4.78, 5) is 10.9. The highest BCUT2D eigenvalue weighted by Gasteiger charge is 2.88. The summed E-state index contributed by atoms with van der Waals surface area (Å²) in [5.41, 5.74) is 0.417. The average molecular weight is 166 g/mol. The van der Waals surface area contributed by atoms with Crippen molar-refractivity contribution >= 4 is 5.97 Å². The number of hydrogen-bond acceptors (Lipinski definition) is 2. The van der Waals surface area contributed by atoms with Crippen molar-refractivity contribution in [3.8, 4) is 0 Å². The first-order valence-corrected chi connectivity index (χ1v) is 4.81. The molecule has 0 radical (unpaired) electrons. The van der Waals surface area contributed by atoms with Crippen molar-refractivity contribution in [1.29, 1.82) is 0 Å². The second kappa shape index (κ2) is 1.57. The molecule has 12 heavy (non-hydrogen) atoms. The van der Waals surface area contributed by atoms with Crippen LogP contribution in [0.15, 0.2) is 0 Å². The molecule has 3 aliphatic rings. The molecule has 0 aromatic rings. The smallest absolute Gasteiger partial charge is 0.303 e. The van der Waals surface area contributed by atoms with E-state index in [4.69, 9.17) is 4.74 Å². The van der Waals surface area contributed by atoms with E-state index in [0.717, 1.165) is 12.3 Å². The first kappa shape index (κ1) is 6.93. The summed E-state index contributed by atoms with van der Waals surface area (Å²) < 4.78 is 5.45. The van der Waals surface area contributed by atoms with Gasteiger partial charge in [0.1, 0.15) is 5.60 Å². The van der Waals surface area contributed by atoms with E-state index < -0.39 is 0 Å². The molecule has 3 rings (SSSR count). The van der Waals surface area contributed by atoms with Crippen molar-refractivity contribution in [3.63, 3.8) is 0 Å². The minimum Gasteiger partial charge on any atom is -0.458 e. The van der Waals surface area contributed by atoms with E-state index in [1.165, 1.54) is 19.8 Å². The summed E-state index contributed by atoms with van der Waals surface area (Å²) in [6.45, 7) is 3.82. The molecule has 0 aromatic carbocycles. The average Bonchev–Trinajstić information content (AvgIpc) is 2.30. The Balaban J connectivity index is 1.87. The fourth-order valence-electron chi connectivity index (χ4n) is 4.00. The van der Waals surface area contributed by atoms with E-state index in [1.54, 1.807) is 0 Å². The fraction of sp³-hybridized carbons (Fsp3) is 0.900. The third kappa shape index (κ3) is 0.436. The molecular formula is C10H14O2. The van der Waals surface area contributed by atoms with Crippen molar-refractivity contribution in [2.24, 2.45) is 17.3 Å². The molecule has 2 heteroatoms. The maximum absolute atomic E-state index is 10.9. The number of fused-ring (bicyclic) bond motifs is 1. The summed E-state index contributed by atoms with van der Waals surface area (Å²) in [6.07, 6.45) is 3.80. The Kier molecular flexibility index (Phi) is 0.906. The summed E-state index contributed by atoms with van der Waals surface area (Å²) in [5.74, 6) is 1.48. The summed E-state index contributed by atoms with van der Waals surface area (Å²) in [5, 5.41) is 0. The number of esters is 1. The molecule has 3 fully saturated rings. The summed E-state index contributed by atoms with van der Waals surface area (Å²) >= 11 is 0. The van der Waals surface area contributed by atoms with E-state index in [0.29, 0.717) is 11.3 Å². The van der Waals surface area contributed by atoms with Crippen LogP contribution in [0.1, 0.15) is 33.1 Å². The topological polar surface area (TPSA) is 26.3 Å². The van der Waals surface area contributed by atoms with Crippen molar-refractivity contribution in [3.05, 3.63) is 0 Å². The van der Waals surface area contributed by atoms with Crippen LogP contribution in [0.5, 0.6) is 0 Å². The monoisotopic (exact) mass is 166 g/mol. The molecule has 66 valence electrons. The summed E-state index contributed by atoms with van der Waals surface area (Å²) in [7, 11) is 0. The van der Waals surface area contributed by atoms with E-state index in [-0.39, 0.29) is 11.6 Å². The highest BCUT2D eigenvalue weighted by atomic mass is 16.6. The van der Waals surface area contributed by atoms with Gasteiger partial charge in [-0.2, -0.15) is 0 Å². The van der Waals surface area contributed by atoms with Gasteiger partial charge in [-0.3, -0.25) is 4.79 Å². The normalized spacial score (nSPS) is 58.8. The Morgan fingerprint density at radius 3 is 2.67 bits per heavy atom. The zero-order valence-electron chi connectivity index (χ0n) is 7.59. The predicted molar refractivity (Wildman–Crippen MR) is 43.4 cm³/mol. The van der Waals surface area contributed by atoms with Crippen LogP contribution in [-0.2, 0) is 9.53 Å². The maximum Gasteiger partial charge on any atom is 0.303 e. The Morgan fingerprint density at radius 1 is 1.50 bits per heavy atom. The van der Waals surface area contributed by atoms with Crippen molar-refractivity contribution in [1.82, 2.24) is 0 Å². The molecule has 0 spiro atoms. The van der Waals surface area contributed by atoms with Crippen LogP contribution in [0.3, 0.4) is 0 Å². The molecule has 2 nitrogen and oxygen atoms in total. The lowest BCUT2D eigenvalue weighted by Gasteiger charge is -2.41. The Bertz CT molecular complexity index is 273. The highest BCUT2D eigenvalue weighted by Crippen LogP contribution is 2.85. The third-order valence-corrected chi connectivity index (χ3v) is 4.64. The highest BCUT2D eigenvalue weighted by molar-refractivity contribution is 5.68. The second-order valence-corrected chi connectivity index (χ2v) is 4.80. The van der Waals surface area contributed by atoms with Gasteiger partial charge in [0.2, 0.25) is 0 Å². The summed E-state index contributed by atoms with van der Waals surface area (Å²) in [6, 6.07) is 0. The quantitative estimate of drug-likeness (QED) is 0.554. The molecule has 0 amide bonds. The van der Waals surface area contributed by atoms with Crippen LogP contribution in [0, 0.1) is 17.3 Å². The van der Waals surface area contributed by atoms with Crippen molar-refractivity contribution in [2.45, 2.75) is 38.7 Å². The molecule has 0 bridgehead atoms. The molecule has 0 aromatic heterocycles. The van der Waals surface area contributed by atoms with Gasteiger partial charge in [0.25, 0.3) is 0 Å². The van der Waals surface area contributed by atoms with Gasteiger partial charge < -0.3 is 4.74 Å². The first-order chi connectivity index (χ1) is 5.61. The number of carbonyl (C=O) groups is 1. The molecule has 0 aliphatic heterocycles. The number of ether oxygens (including phenoxy) is 1. The van der Waals surface area contributed by atoms with E-state index in [9.17, 15) is 4.79 Å². The molecular weight excluding hydrogens is 152 g/mol. The molecule has 0 saturated heterocycles. The van der Waals surface area contributed by atoms with Gasteiger partial charge in [0.15, 0.2) is 0 Å². The molecule has 3 aliphatic carbocycles. The number of carbonyl (C=O) groups excluding carboxylic acids is 1. The van der Waals surface area contributed by atoms with Crippen LogP contribution in [0.4, 0.5) is 0 Å². The Labute approximate surface area is 72.3 Å². The van der Waals surface area contributed by atoms with Crippen molar-refractivity contribution < 1.29 is 9.53 Å². The lowest BCUT2D eigenvalue weighted by Crippen LogP contribution is -2.43. The number of hydrogen-bond donors (Lipinski definition) is 0. The standard InChI is InChI=1S/C10H14O2/c1-6(11)12-10-5-7-3-4-8(10)9(7,10)2/h7-8H,3-5H2,1-2H3. The molecule has 0 N–H and O–H groups in total. The SMILES string of the molecule is CC(=O)OC12CC3CCC1C32C. The van der Waals surface area contributed by atoms with Gasteiger partial charge in [-0.15, -0.1) is 0 Å². The zero-order valence-corrected chi connectivity index (χ0v) is 7.59. The maximum atomic E-state index is 10.9. The van der Waals surface area contributed by atoms with Crippen molar-refractivity contribution in [2.75, 3.05) is 0 Å². The van der Waals surface area contributed by atoms with Crippen LogP contribution in [0.2, 0.25) is 0 Å².